The van der Waals surface area contributed by atoms with Crippen LogP contribution in [-0.4, -0.2) is 25.8 Å². The number of rotatable bonds is 5. The summed E-state index contributed by atoms with van der Waals surface area (Å²) in [7, 11) is 0. The van der Waals surface area contributed by atoms with Crippen molar-refractivity contribution in [2.24, 2.45) is 0 Å². The van der Waals surface area contributed by atoms with E-state index in [0.717, 1.165) is 28.0 Å². The van der Waals surface area contributed by atoms with Gasteiger partial charge in [0.2, 0.25) is 11.9 Å². The van der Waals surface area contributed by atoms with E-state index in [2.05, 4.69) is 30.6 Å². The Balaban J connectivity index is 1.44. The molecule has 1 aromatic carbocycles. The fourth-order valence-electron chi connectivity index (χ4n) is 2.89. The fraction of sp³-hybridized carbons (Fsp3) is 0.150. The second-order valence-corrected chi connectivity index (χ2v) is 7.20. The van der Waals surface area contributed by atoms with Crippen LogP contribution in [0.5, 0.6) is 0 Å². The minimum atomic E-state index is -0.129. The van der Waals surface area contributed by atoms with Gasteiger partial charge in [-0.15, -0.1) is 11.3 Å². The first-order valence-electron chi connectivity index (χ1n) is 8.74. The molecule has 0 aliphatic heterocycles. The topological polar surface area (TPSA) is 92.7 Å². The zero-order chi connectivity index (χ0) is 19.5. The Kier molecular flexibility index (Phi) is 4.94. The Morgan fingerprint density at radius 3 is 2.71 bits per heavy atom. The number of amides is 1. The molecule has 3 aromatic heterocycles. The van der Waals surface area contributed by atoms with Gasteiger partial charge >= 0.3 is 0 Å². The molecule has 4 aromatic rings. The highest BCUT2D eigenvalue weighted by molar-refractivity contribution is 7.13. The number of hydrogen-bond acceptors (Lipinski definition) is 7. The fourth-order valence-corrected chi connectivity index (χ4v) is 3.60. The van der Waals surface area contributed by atoms with Gasteiger partial charge in [-0.2, -0.15) is 0 Å². The molecule has 0 atom stereocenters. The molecule has 7 nitrogen and oxygen atoms in total. The van der Waals surface area contributed by atoms with E-state index < -0.39 is 0 Å². The van der Waals surface area contributed by atoms with Gasteiger partial charge in [0.1, 0.15) is 0 Å². The number of carbonyl (C=O) groups excluding carboxylic acids is 1. The number of fused-ring (bicyclic) bond motifs is 1. The van der Waals surface area contributed by atoms with Crippen LogP contribution in [0.1, 0.15) is 17.1 Å². The average Bonchev–Trinajstić information content (AvgIpc) is 3.07. The summed E-state index contributed by atoms with van der Waals surface area (Å²) in [5.74, 6) is 0.377. The van der Waals surface area contributed by atoms with Crippen LogP contribution in [0, 0.1) is 13.8 Å². The molecule has 0 aliphatic rings. The molecule has 1 amide bonds. The van der Waals surface area contributed by atoms with Gasteiger partial charge in [-0.05, 0) is 44.2 Å². The predicted octanol–water partition coefficient (Wildman–Crippen LogP) is 4.02. The summed E-state index contributed by atoms with van der Waals surface area (Å²) >= 11 is 1.41. The molecule has 0 bridgehead atoms. The largest absolute Gasteiger partial charge is 0.325 e. The lowest BCUT2D eigenvalue weighted by Gasteiger charge is -2.07. The molecular formula is C20H18N6OS. The summed E-state index contributed by atoms with van der Waals surface area (Å²) in [4.78, 5) is 29.9. The monoisotopic (exact) mass is 390 g/mol. The number of carbonyl (C=O) groups is 1. The van der Waals surface area contributed by atoms with Crippen LogP contribution in [0.2, 0.25) is 0 Å². The van der Waals surface area contributed by atoms with Gasteiger partial charge in [0, 0.05) is 28.4 Å². The Hall–Kier alpha value is -3.39. The van der Waals surface area contributed by atoms with Crippen LogP contribution in [-0.2, 0) is 11.2 Å². The Morgan fingerprint density at radius 1 is 1.07 bits per heavy atom. The summed E-state index contributed by atoms with van der Waals surface area (Å²) in [6.07, 6.45) is 1.92. The number of hydrogen-bond donors (Lipinski definition) is 2. The lowest BCUT2D eigenvalue weighted by molar-refractivity contribution is -0.115. The minimum absolute atomic E-state index is 0.129. The van der Waals surface area contributed by atoms with Crippen molar-refractivity contribution in [1.29, 1.82) is 0 Å². The Labute approximate surface area is 165 Å². The zero-order valence-electron chi connectivity index (χ0n) is 15.4. The summed E-state index contributed by atoms with van der Waals surface area (Å²) in [5, 5.41) is 9.47. The molecular weight excluding hydrogens is 372 g/mol. The number of anilines is 3. The quantitative estimate of drug-likeness (QED) is 0.535. The molecule has 0 aliphatic carbocycles. The zero-order valence-corrected chi connectivity index (χ0v) is 16.2. The van der Waals surface area contributed by atoms with Crippen LogP contribution < -0.4 is 10.6 Å². The second-order valence-electron chi connectivity index (χ2n) is 6.34. The second kappa shape index (κ2) is 7.69. The maximum absolute atomic E-state index is 12.5. The van der Waals surface area contributed by atoms with Crippen molar-refractivity contribution in [1.82, 2.24) is 19.9 Å². The molecule has 8 heteroatoms. The average molecular weight is 390 g/mol. The van der Waals surface area contributed by atoms with Crippen LogP contribution in [0.25, 0.3) is 10.9 Å². The number of pyridine rings is 1. The number of benzene rings is 1. The molecule has 28 heavy (non-hydrogen) atoms. The van der Waals surface area contributed by atoms with Crippen molar-refractivity contribution in [3.63, 3.8) is 0 Å². The summed E-state index contributed by atoms with van der Waals surface area (Å²) < 4.78 is 0. The van der Waals surface area contributed by atoms with E-state index in [-0.39, 0.29) is 12.3 Å². The molecule has 140 valence electrons. The van der Waals surface area contributed by atoms with Crippen LogP contribution in [0.3, 0.4) is 0 Å². The number of aromatic nitrogens is 4. The number of nitrogens with one attached hydrogen (secondary N) is 2. The lowest BCUT2D eigenvalue weighted by Crippen LogP contribution is -2.15. The van der Waals surface area contributed by atoms with Crippen molar-refractivity contribution in [3.8, 4) is 0 Å². The molecule has 4 rings (SSSR count). The number of nitrogens with zero attached hydrogens (tertiary/aromatic N) is 4. The molecule has 0 saturated carbocycles. The van der Waals surface area contributed by atoms with Gasteiger partial charge < -0.3 is 10.6 Å². The predicted molar refractivity (Wildman–Crippen MR) is 111 cm³/mol. The molecule has 3 heterocycles. The van der Waals surface area contributed by atoms with E-state index in [0.29, 0.717) is 16.8 Å². The first-order chi connectivity index (χ1) is 13.6. The highest BCUT2D eigenvalue weighted by Crippen LogP contribution is 2.23. The maximum Gasteiger partial charge on any atom is 0.230 e. The van der Waals surface area contributed by atoms with Crippen LogP contribution in [0.4, 0.5) is 16.8 Å². The Bertz CT molecular complexity index is 1130. The summed E-state index contributed by atoms with van der Waals surface area (Å²) in [5.41, 5.74) is 4.04. The van der Waals surface area contributed by atoms with E-state index in [1.165, 1.54) is 11.3 Å². The van der Waals surface area contributed by atoms with Crippen molar-refractivity contribution < 1.29 is 4.79 Å². The summed E-state index contributed by atoms with van der Waals surface area (Å²) in [6.45, 7) is 3.83. The third-order valence-electron chi connectivity index (χ3n) is 4.01. The molecule has 0 fully saturated rings. The molecule has 2 N–H and O–H groups in total. The third kappa shape index (κ3) is 4.12. The minimum Gasteiger partial charge on any atom is -0.325 e. The van der Waals surface area contributed by atoms with Crippen molar-refractivity contribution >= 4 is 44.9 Å². The van der Waals surface area contributed by atoms with Crippen LogP contribution in [0.15, 0.2) is 48.0 Å². The normalized spacial score (nSPS) is 10.8. The lowest BCUT2D eigenvalue weighted by atomic mass is 10.2. The van der Waals surface area contributed by atoms with Crippen molar-refractivity contribution in [2.45, 2.75) is 20.3 Å². The van der Waals surface area contributed by atoms with E-state index in [1.807, 2.05) is 55.6 Å². The molecule has 0 spiro atoms. The first-order valence-corrected chi connectivity index (χ1v) is 9.62. The van der Waals surface area contributed by atoms with Crippen molar-refractivity contribution in [3.05, 3.63) is 65.1 Å². The molecule has 0 radical (unpaired) electrons. The number of aryl methyl sites for hydroxylation is 2. The van der Waals surface area contributed by atoms with Gasteiger partial charge in [-0.1, -0.05) is 6.07 Å². The summed E-state index contributed by atoms with van der Waals surface area (Å²) in [6, 6.07) is 11.4. The van der Waals surface area contributed by atoms with Gasteiger partial charge in [-0.3, -0.25) is 9.78 Å². The van der Waals surface area contributed by atoms with Gasteiger partial charge in [0.15, 0.2) is 5.13 Å². The van der Waals surface area contributed by atoms with E-state index in [9.17, 15) is 4.79 Å². The van der Waals surface area contributed by atoms with Gasteiger partial charge in [-0.25, -0.2) is 15.0 Å². The third-order valence-corrected chi connectivity index (χ3v) is 4.82. The van der Waals surface area contributed by atoms with Crippen molar-refractivity contribution in [2.75, 3.05) is 10.6 Å². The van der Waals surface area contributed by atoms with Crippen LogP contribution >= 0.6 is 11.3 Å². The van der Waals surface area contributed by atoms with Gasteiger partial charge in [0.25, 0.3) is 0 Å². The standard InChI is InChI=1S/C20H18N6OS/c1-12-9-13(2)23-19(22-12)26-20-24-14(11-28-20)10-18(27)25-17-7-3-6-16-15(17)5-4-8-21-16/h3-9,11H,10H2,1-2H3,(H,25,27)(H,22,23,24,26). The van der Waals surface area contributed by atoms with Gasteiger partial charge in [0.05, 0.1) is 23.3 Å². The molecule has 0 saturated heterocycles. The highest BCUT2D eigenvalue weighted by Gasteiger charge is 2.11. The highest BCUT2D eigenvalue weighted by atomic mass is 32.1. The Morgan fingerprint density at radius 2 is 1.89 bits per heavy atom. The van der Waals surface area contributed by atoms with E-state index in [4.69, 9.17) is 0 Å². The van der Waals surface area contributed by atoms with E-state index >= 15 is 0 Å². The molecule has 0 unspecified atom stereocenters. The first kappa shape index (κ1) is 18.0. The SMILES string of the molecule is Cc1cc(C)nc(Nc2nc(CC(=O)Nc3cccc4ncccc34)cs2)n1. The number of thiazole rings is 1. The smallest absolute Gasteiger partial charge is 0.230 e. The van der Waals surface area contributed by atoms with E-state index in [1.54, 1.807) is 6.20 Å². The maximum atomic E-state index is 12.5.